The first kappa shape index (κ1) is 20.6. The van der Waals surface area contributed by atoms with Gasteiger partial charge >= 0.3 is 0 Å². The first-order chi connectivity index (χ1) is 14.1. The molecule has 150 valence electrons. The largest absolute Gasteiger partial charge is 0.383 e. The van der Waals surface area contributed by atoms with Crippen LogP contribution < -0.4 is 0 Å². The highest BCUT2D eigenvalue weighted by molar-refractivity contribution is 5.92. The minimum atomic E-state index is -0.0581. The lowest BCUT2D eigenvalue weighted by molar-refractivity contribution is -0.127. The molecule has 0 aliphatic heterocycles. The molecular weight excluding hydrogens is 362 g/mol. The maximum absolute atomic E-state index is 12.8. The zero-order chi connectivity index (χ0) is 20.6. The van der Waals surface area contributed by atoms with Gasteiger partial charge in [-0.15, -0.1) is 0 Å². The van der Waals surface area contributed by atoms with E-state index in [1.165, 1.54) is 0 Å². The van der Waals surface area contributed by atoms with Crippen molar-refractivity contribution in [3.63, 3.8) is 0 Å². The third-order valence-electron chi connectivity index (χ3n) is 4.85. The fraction of sp³-hybridized carbons (Fsp3) is 0.250. The van der Waals surface area contributed by atoms with Crippen molar-refractivity contribution in [2.24, 2.45) is 0 Å². The smallest absolute Gasteiger partial charge is 0.247 e. The van der Waals surface area contributed by atoms with Crippen LogP contribution in [-0.4, -0.2) is 40.6 Å². The Balaban J connectivity index is 1.79. The summed E-state index contributed by atoms with van der Waals surface area (Å²) in [4.78, 5) is 18.9. The predicted molar refractivity (Wildman–Crippen MR) is 116 cm³/mol. The number of carbonyl (C=O) groups excluding carboxylic acids is 1. The lowest BCUT2D eigenvalue weighted by atomic mass is 10.2. The number of para-hydroxylation sites is 1. The highest BCUT2D eigenvalue weighted by Gasteiger charge is 2.13. The summed E-state index contributed by atoms with van der Waals surface area (Å²) in [5.74, 6) is -0.0581. The van der Waals surface area contributed by atoms with E-state index in [2.05, 4.69) is 41.6 Å². The Morgan fingerprint density at radius 1 is 1.14 bits per heavy atom. The maximum atomic E-state index is 12.8. The number of ether oxygens (including phenoxy) is 1. The Morgan fingerprint density at radius 2 is 1.90 bits per heavy atom. The van der Waals surface area contributed by atoms with Crippen LogP contribution in [0.3, 0.4) is 0 Å². The number of hydrogen-bond donors (Lipinski definition) is 0. The highest BCUT2D eigenvalue weighted by Crippen LogP contribution is 2.21. The molecule has 0 saturated carbocycles. The second-order valence-electron chi connectivity index (χ2n) is 6.90. The molecule has 0 saturated heterocycles. The number of aromatic nitrogens is 2. The molecule has 0 atom stereocenters. The van der Waals surface area contributed by atoms with E-state index in [4.69, 9.17) is 4.74 Å². The first-order valence-corrected chi connectivity index (χ1v) is 9.70. The number of methoxy groups -OCH3 is 1. The molecule has 3 rings (SSSR count). The van der Waals surface area contributed by atoms with Gasteiger partial charge in [0.15, 0.2) is 0 Å². The highest BCUT2D eigenvalue weighted by atomic mass is 16.5. The van der Waals surface area contributed by atoms with Gasteiger partial charge in [-0.2, -0.15) is 0 Å². The molecule has 3 aromatic rings. The van der Waals surface area contributed by atoms with Gasteiger partial charge in [0.25, 0.3) is 0 Å². The topological polar surface area (TPSA) is 47.4 Å². The fourth-order valence-electron chi connectivity index (χ4n) is 3.35. The van der Waals surface area contributed by atoms with E-state index in [0.717, 1.165) is 28.3 Å². The lowest BCUT2D eigenvalue weighted by Gasteiger charge is -2.20. The summed E-state index contributed by atoms with van der Waals surface area (Å²) < 4.78 is 7.36. The van der Waals surface area contributed by atoms with Gasteiger partial charge in [0.05, 0.1) is 18.8 Å². The van der Waals surface area contributed by atoms with Crippen LogP contribution in [0.25, 0.3) is 11.8 Å². The van der Waals surface area contributed by atoms with Crippen molar-refractivity contribution in [2.45, 2.75) is 20.4 Å². The molecule has 2 aromatic heterocycles. The normalized spacial score (nSPS) is 11.1. The summed E-state index contributed by atoms with van der Waals surface area (Å²) in [5.41, 5.74) is 5.23. The molecule has 0 spiro atoms. The van der Waals surface area contributed by atoms with Gasteiger partial charge in [0, 0.05) is 43.0 Å². The monoisotopic (exact) mass is 389 g/mol. The maximum Gasteiger partial charge on any atom is 0.247 e. The van der Waals surface area contributed by atoms with E-state index in [1.807, 2.05) is 42.5 Å². The van der Waals surface area contributed by atoms with Crippen molar-refractivity contribution in [1.82, 2.24) is 14.5 Å². The molecule has 0 bridgehead atoms. The number of nitrogens with zero attached hydrogens (tertiary/aromatic N) is 3. The van der Waals surface area contributed by atoms with Crippen molar-refractivity contribution >= 4 is 12.0 Å². The standard InChI is InChI=1S/C24H27N3O2/c1-19-17-21(20(2)27(19)23-10-5-4-6-11-23)12-13-24(28)26(15-16-29-3)18-22-9-7-8-14-25-22/h4-14,17H,15-16,18H2,1-3H3/b13-12+. The quantitative estimate of drug-likeness (QED) is 0.543. The summed E-state index contributed by atoms with van der Waals surface area (Å²) >= 11 is 0. The molecule has 29 heavy (non-hydrogen) atoms. The number of amides is 1. The zero-order valence-corrected chi connectivity index (χ0v) is 17.2. The lowest BCUT2D eigenvalue weighted by Crippen LogP contribution is -2.32. The minimum absolute atomic E-state index is 0.0581. The van der Waals surface area contributed by atoms with Gasteiger partial charge in [-0.25, -0.2) is 0 Å². The van der Waals surface area contributed by atoms with Gasteiger partial charge in [-0.1, -0.05) is 24.3 Å². The minimum Gasteiger partial charge on any atom is -0.383 e. The van der Waals surface area contributed by atoms with Gasteiger partial charge in [-0.3, -0.25) is 9.78 Å². The van der Waals surface area contributed by atoms with Crippen LogP contribution in [0.1, 0.15) is 22.6 Å². The molecular formula is C24H27N3O2. The first-order valence-electron chi connectivity index (χ1n) is 9.70. The summed E-state index contributed by atoms with van der Waals surface area (Å²) in [6.45, 7) is 5.59. The average molecular weight is 389 g/mol. The molecule has 5 nitrogen and oxygen atoms in total. The molecule has 0 aliphatic rings. The van der Waals surface area contributed by atoms with E-state index in [-0.39, 0.29) is 5.91 Å². The van der Waals surface area contributed by atoms with Crippen molar-refractivity contribution in [2.75, 3.05) is 20.3 Å². The van der Waals surface area contributed by atoms with Gasteiger partial charge < -0.3 is 14.2 Å². The van der Waals surface area contributed by atoms with Crippen molar-refractivity contribution in [3.8, 4) is 5.69 Å². The Bertz CT molecular complexity index is 963. The SMILES string of the molecule is COCCN(Cc1ccccn1)C(=O)/C=C/c1cc(C)n(-c2ccccc2)c1C. The third kappa shape index (κ3) is 5.21. The molecule has 0 aliphatic carbocycles. The van der Waals surface area contributed by atoms with Gasteiger partial charge in [0.1, 0.15) is 0 Å². The summed E-state index contributed by atoms with van der Waals surface area (Å²) in [6, 6.07) is 18.0. The molecule has 1 aromatic carbocycles. The Morgan fingerprint density at radius 3 is 2.59 bits per heavy atom. The van der Waals surface area contributed by atoms with E-state index < -0.39 is 0 Å². The molecule has 0 N–H and O–H groups in total. The summed E-state index contributed by atoms with van der Waals surface area (Å²) in [6.07, 6.45) is 5.26. The summed E-state index contributed by atoms with van der Waals surface area (Å²) in [7, 11) is 1.64. The molecule has 0 unspecified atom stereocenters. The third-order valence-corrected chi connectivity index (χ3v) is 4.85. The van der Waals surface area contributed by atoms with Crippen molar-refractivity contribution < 1.29 is 9.53 Å². The zero-order valence-electron chi connectivity index (χ0n) is 17.2. The number of benzene rings is 1. The van der Waals surface area contributed by atoms with E-state index >= 15 is 0 Å². The van der Waals surface area contributed by atoms with E-state index in [1.54, 1.807) is 24.3 Å². The molecule has 0 radical (unpaired) electrons. The molecule has 1 amide bonds. The average Bonchev–Trinajstić information content (AvgIpc) is 3.03. The van der Waals surface area contributed by atoms with E-state index in [0.29, 0.717) is 19.7 Å². The number of rotatable bonds is 8. The second kappa shape index (κ2) is 9.85. The van der Waals surface area contributed by atoms with Gasteiger partial charge in [-0.05, 0) is 55.8 Å². The van der Waals surface area contributed by atoms with Gasteiger partial charge in [0.2, 0.25) is 5.91 Å². The van der Waals surface area contributed by atoms with Crippen LogP contribution in [0.4, 0.5) is 0 Å². The van der Waals surface area contributed by atoms with Crippen molar-refractivity contribution in [1.29, 1.82) is 0 Å². The van der Waals surface area contributed by atoms with E-state index in [9.17, 15) is 4.79 Å². The van der Waals surface area contributed by atoms with Crippen molar-refractivity contribution in [3.05, 3.63) is 89.5 Å². The molecule has 2 heterocycles. The van der Waals surface area contributed by atoms with Crippen LogP contribution >= 0.6 is 0 Å². The van der Waals surface area contributed by atoms with Crippen LogP contribution in [0.15, 0.2) is 66.9 Å². The Hall–Kier alpha value is -3.18. The van der Waals surface area contributed by atoms with Crippen LogP contribution in [-0.2, 0) is 16.1 Å². The predicted octanol–water partition coefficient (Wildman–Crippen LogP) is 4.18. The number of aryl methyl sites for hydroxylation is 1. The molecule has 0 fully saturated rings. The van der Waals surface area contributed by atoms with Crippen LogP contribution in [0.2, 0.25) is 0 Å². The number of hydrogen-bond acceptors (Lipinski definition) is 3. The molecule has 5 heteroatoms. The second-order valence-corrected chi connectivity index (χ2v) is 6.90. The number of carbonyl (C=O) groups is 1. The fourth-order valence-corrected chi connectivity index (χ4v) is 3.35. The van der Waals surface area contributed by atoms with Crippen LogP contribution in [0, 0.1) is 13.8 Å². The Labute approximate surface area is 172 Å². The number of pyridine rings is 1. The van der Waals surface area contributed by atoms with Crippen LogP contribution in [0.5, 0.6) is 0 Å². The summed E-state index contributed by atoms with van der Waals surface area (Å²) in [5, 5.41) is 0. The Kier molecular flexibility index (Phi) is 6.98.